The number of halogens is 1. The van der Waals surface area contributed by atoms with E-state index in [4.69, 9.17) is 11.6 Å². The summed E-state index contributed by atoms with van der Waals surface area (Å²) in [5.74, 6) is -1.64. The Labute approximate surface area is 139 Å². The van der Waals surface area contributed by atoms with Crippen LogP contribution in [0, 0.1) is 10.1 Å². The largest absolute Gasteiger partial charge is 0.744 e. The molecule has 0 bridgehead atoms. The van der Waals surface area contributed by atoms with Gasteiger partial charge in [-0.25, -0.2) is 8.42 Å². The lowest BCUT2D eigenvalue weighted by molar-refractivity contribution is -0.385. The molecule has 2 aromatic rings. The van der Waals surface area contributed by atoms with E-state index in [2.05, 4.69) is 0 Å². The highest BCUT2D eigenvalue weighted by molar-refractivity contribution is 7.85. The molecule has 3 rings (SSSR count). The molecule has 0 radical (unpaired) electrons. The molecule has 1 aliphatic rings. The van der Waals surface area contributed by atoms with Crippen LogP contribution in [0.5, 0.6) is 0 Å². The van der Waals surface area contributed by atoms with Crippen molar-refractivity contribution in [2.45, 2.75) is 4.90 Å². The molecule has 0 heterocycles. The number of nitro groups is 1. The second-order valence-corrected chi connectivity index (χ2v) is 6.68. The fraction of sp³-hybridized carbons (Fsp3) is 0. The van der Waals surface area contributed by atoms with Crippen LogP contribution in [-0.4, -0.2) is 29.5 Å². The highest BCUT2D eigenvalue weighted by Gasteiger charge is 2.37. The maximum Gasteiger partial charge on any atom is 0.299 e. The van der Waals surface area contributed by atoms with Gasteiger partial charge in [-0.3, -0.25) is 19.7 Å². The molecule has 0 spiro atoms. The van der Waals surface area contributed by atoms with E-state index in [0.717, 1.165) is 30.3 Å². The SMILES string of the molecule is O=C1c2cc(S(=O)(=O)[O-])ccc2C(=O)c2c1ccc(Cl)c2[N+](=O)[O-]. The van der Waals surface area contributed by atoms with Gasteiger partial charge in [0.05, 0.1) is 9.82 Å². The number of nitro benzene ring substituents is 1. The summed E-state index contributed by atoms with van der Waals surface area (Å²) in [4.78, 5) is 34.7. The second-order valence-electron chi connectivity index (χ2n) is 4.90. The first-order valence-corrected chi connectivity index (χ1v) is 8.08. The van der Waals surface area contributed by atoms with Crippen molar-refractivity contribution in [2.24, 2.45) is 0 Å². The van der Waals surface area contributed by atoms with E-state index in [-0.39, 0.29) is 21.7 Å². The van der Waals surface area contributed by atoms with Crippen molar-refractivity contribution in [1.82, 2.24) is 0 Å². The topological polar surface area (TPSA) is 134 Å². The number of carbonyl (C=O) groups excluding carboxylic acids is 2. The smallest absolute Gasteiger partial charge is 0.299 e. The molecule has 0 fully saturated rings. The van der Waals surface area contributed by atoms with E-state index in [1.165, 1.54) is 0 Å². The number of hydrogen-bond donors (Lipinski definition) is 0. The van der Waals surface area contributed by atoms with Crippen molar-refractivity contribution in [2.75, 3.05) is 0 Å². The Balaban J connectivity index is 2.34. The predicted octanol–water partition coefficient (Wildman–Crippen LogP) is 1.93. The lowest BCUT2D eigenvalue weighted by atomic mass is 9.83. The third-order valence-corrected chi connectivity index (χ3v) is 4.69. The number of carbonyl (C=O) groups is 2. The van der Waals surface area contributed by atoms with Crippen LogP contribution in [0.2, 0.25) is 5.02 Å². The zero-order valence-corrected chi connectivity index (χ0v) is 13.1. The molecule has 2 aromatic carbocycles. The maximum atomic E-state index is 12.5. The van der Waals surface area contributed by atoms with Crippen LogP contribution in [0.4, 0.5) is 5.69 Å². The Morgan fingerprint density at radius 1 is 0.958 bits per heavy atom. The summed E-state index contributed by atoms with van der Waals surface area (Å²) in [5.41, 5.74) is -1.96. The van der Waals surface area contributed by atoms with Crippen molar-refractivity contribution >= 4 is 39.0 Å². The molecular formula is C14H5ClNO7S-. The van der Waals surface area contributed by atoms with Gasteiger partial charge in [-0.1, -0.05) is 11.6 Å². The molecule has 0 aliphatic heterocycles. The lowest BCUT2D eigenvalue weighted by Gasteiger charge is -2.19. The highest BCUT2D eigenvalue weighted by atomic mass is 35.5. The van der Waals surface area contributed by atoms with Gasteiger partial charge in [0.1, 0.15) is 20.7 Å². The maximum absolute atomic E-state index is 12.5. The molecule has 0 amide bonds. The van der Waals surface area contributed by atoms with Crippen LogP contribution in [0.3, 0.4) is 0 Å². The number of ketones is 2. The highest BCUT2D eigenvalue weighted by Crippen LogP contribution is 2.37. The van der Waals surface area contributed by atoms with Crippen LogP contribution >= 0.6 is 11.6 Å². The first kappa shape index (κ1) is 16.2. The van der Waals surface area contributed by atoms with Crippen molar-refractivity contribution in [3.05, 3.63) is 67.7 Å². The Morgan fingerprint density at radius 2 is 1.58 bits per heavy atom. The molecule has 0 saturated heterocycles. The minimum Gasteiger partial charge on any atom is -0.744 e. The van der Waals surface area contributed by atoms with Crippen LogP contribution in [0.15, 0.2) is 35.2 Å². The van der Waals surface area contributed by atoms with Gasteiger partial charge < -0.3 is 4.55 Å². The summed E-state index contributed by atoms with van der Waals surface area (Å²) in [6, 6.07) is 4.89. The zero-order chi connectivity index (χ0) is 17.8. The fourth-order valence-electron chi connectivity index (χ4n) is 2.51. The first-order chi connectivity index (χ1) is 11.1. The summed E-state index contributed by atoms with van der Waals surface area (Å²) >= 11 is 5.76. The van der Waals surface area contributed by atoms with Gasteiger partial charge in [0.25, 0.3) is 5.69 Å². The van der Waals surface area contributed by atoms with E-state index in [1.807, 2.05) is 0 Å². The molecule has 0 unspecified atom stereocenters. The Bertz CT molecular complexity index is 1060. The van der Waals surface area contributed by atoms with E-state index in [9.17, 15) is 32.7 Å². The normalized spacial score (nSPS) is 13.4. The van der Waals surface area contributed by atoms with Gasteiger partial charge in [-0.05, 0) is 30.3 Å². The summed E-state index contributed by atoms with van der Waals surface area (Å²) in [5, 5.41) is 10.9. The molecular weight excluding hydrogens is 362 g/mol. The Morgan fingerprint density at radius 3 is 2.17 bits per heavy atom. The van der Waals surface area contributed by atoms with Gasteiger partial charge in [0.2, 0.25) is 5.78 Å². The number of fused-ring (bicyclic) bond motifs is 2. The molecule has 0 aromatic heterocycles. The third-order valence-electron chi connectivity index (χ3n) is 3.55. The summed E-state index contributed by atoms with van der Waals surface area (Å²) in [6.07, 6.45) is 0. The number of rotatable bonds is 2. The van der Waals surface area contributed by atoms with Gasteiger partial charge in [0.15, 0.2) is 5.78 Å². The average molecular weight is 367 g/mol. The summed E-state index contributed by atoms with van der Waals surface area (Å²) in [6.45, 7) is 0. The second kappa shape index (κ2) is 5.20. The van der Waals surface area contributed by atoms with Crippen LogP contribution in [0.1, 0.15) is 31.8 Å². The van der Waals surface area contributed by atoms with Crippen molar-refractivity contribution in [3.8, 4) is 0 Å². The molecule has 122 valence electrons. The van der Waals surface area contributed by atoms with Gasteiger partial charge in [-0.2, -0.15) is 0 Å². The minimum absolute atomic E-state index is 0.231. The monoisotopic (exact) mass is 366 g/mol. The molecule has 0 N–H and O–H groups in total. The molecule has 0 saturated carbocycles. The third kappa shape index (κ3) is 2.30. The van der Waals surface area contributed by atoms with E-state index in [0.29, 0.717) is 0 Å². The van der Waals surface area contributed by atoms with E-state index >= 15 is 0 Å². The standard InChI is InChI=1S/C14H6ClNO7S/c15-10-4-3-8-11(12(10)16(19)20)14(18)7-2-1-6(24(21,22)23)5-9(7)13(8)17/h1-5H,(H,21,22,23)/p-1. The van der Waals surface area contributed by atoms with Crippen LogP contribution in [-0.2, 0) is 10.1 Å². The fourth-order valence-corrected chi connectivity index (χ4v) is 3.23. The van der Waals surface area contributed by atoms with Gasteiger partial charge in [0, 0.05) is 16.7 Å². The first-order valence-electron chi connectivity index (χ1n) is 6.29. The minimum atomic E-state index is -4.83. The number of nitrogens with zero attached hydrogens (tertiary/aromatic N) is 1. The van der Waals surface area contributed by atoms with Crippen molar-refractivity contribution in [1.29, 1.82) is 0 Å². The van der Waals surface area contributed by atoms with Crippen LogP contribution < -0.4 is 0 Å². The zero-order valence-electron chi connectivity index (χ0n) is 11.5. The van der Waals surface area contributed by atoms with Crippen molar-refractivity contribution in [3.63, 3.8) is 0 Å². The quantitative estimate of drug-likeness (QED) is 0.384. The van der Waals surface area contributed by atoms with E-state index in [1.54, 1.807) is 0 Å². The molecule has 0 atom stereocenters. The molecule has 1 aliphatic carbocycles. The van der Waals surface area contributed by atoms with Crippen LogP contribution in [0.25, 0.3) is 0 Å². The Hall–Kier alpha value is -2.62. The number of benzene rings is 2. The predicted molar refractivity (Wildman–Crippen MR) is 79.4 cm³/mol. The lowest BCUT2D eigenvalue weighted by Crippen LogP contribution is -2.23. The van der Waals surface area contributed by atoms with E-state index < -0.39 is 42.8 Å². The summed E-state index contributed by atoms with van der Waals surface area (Å²) < 4.78 is 33.2. The Kier molecular flexibility index (Phi) is 3.52. The number of hydrogen-bond acceptors (Lipinski definition) is 7. The van der Waals surface area contributed by atoms with Gasteiger partial charge >= 0.3 is 0 Å². The molecule has 8 nitrogen and oxygen atoms in total. The molecule has 24 heavy (non-hydrogen) atoms. The average Bonchev–Trinajstić information content (AvgIpc) is 2.50. The van der Waals surface area contributed by atoms with Gasteiger partial charge in [-0.15, -0.1) is 0 Å². The van der Waals surface area contributed by atoms with Crippen molar-refractivity contribution < 1.29 is 27.5 Å². The molecule has 10 heteroatoms. The summed E-state index contributed by atoms with van der Waals surface area (Å²) in [7, 11) is -4.83.